The van der Waals surface area contributed by atoms with Crippen molar-refractivity contribution < 1.29 is 146 Å². The fraction of sp³-hybridized carbons (Fsp3) is 0.857. The minimum Gasteiger partial charge on any atom is -0.463 e. The summed E-state index contributed by atoms with van der Waals surface area (Å²) in [7, 11) is 0. The van der Waals surface area contributed by atoms with E-state index < -0.39 is 244 Å². The molecule has 0 radical (unpaired) electrons. The molecule has 0 saturated carbocycles. The molecule has 0 aliphatic carbocycles. The first-order valence-electron chi connectivity index (χ1n) is 28.8. The zero-order valence-corrected chi connectivity index (χ0v) is 51.6. The number of hydrogen-bond donors (Lipinski definition) is 8. The standard InChI is InChI=1S/C44H70O19.C12H22O11/c1-19(2)35(45)53-17-27-29(57-37(47)21(5)6)31(59-39(49)23(9)10)33(61-41(51)25(13)14)43(55-27)63-44-34(62-42(52)26(15)16)32(60-40(50)24(11)12)30(58-38(48)22(7)8)28(56-44)18-54-36(46)20(3)4;13-1-3-5(15)7(17)9(19)11(21-3)23-12-10(20)8(18)6(16)4(2-14)22-12/h19-34,43-44H,17-18H2,1-16H3;3-20H,1-2H2/t27?,28?,29-,30+,31+,32?,33?,34?,43-,44+;3?,4?,5-,6+,7+,8?,9?,10?,11-,12+/m11/s1. The topological polar surface area (TPSA) is 428 Å². The van der Waals surface area contributed by atoms with Gasteiger partial charge in [0.05, 0.1) is 60.6 Å². The van der Waals surface area contributed by atoms with E-state index in [2.05, 4.69) is 0 Å². The average molecular weight is 1250 g/mol. The average Bonchev–Trinajstić information content (AvgIpc) is 2.12. The van der Waals surface area contributed by atoms with E-state index in [0.29, 0.717) is 0 Å². The monoisotopic (exact) mass is 1240 g/mol. The molecule has 4 aliphatic heterocycles. The van der Waals surface area contributed by atoms with Gasteiger partial charge in [-0.2, -0.15) is 0 Å². The number of ether oxygens (including phenoxy) is 14. The van der Waals surface area contributed by atoms with Gasteiger partial charge in [0, 0.05) is 0 Å². The summed E-state index contributed by atoms with van der Waals surface area (Å²) < 4.78 is 81.2. The number of carbonyl (C=O) groups excluding carboxylic acids is 8. The van der Waals surface area contributed by atoms with Crippen molar-refractivity contribution in [3.63, 3.8) is 0 Å². The van der Waals surface area contributed by atoms with Crippen molar-refractivity contribution in [2.75, 3.05) is 26.4 Å². The van der Waals surface area contributed by atoms with E-state index in [-0.39, 0.29) is 0 Å². The van der Waals surface area contributed by atoms with Crippen molar-refractivity contribution in [1.82, 2.24) is 0 Å². The van der Waals surface area contributed by atoms with Crippen molar-refractivity contribution in [1.29, 1.82) is 0 Å². The van der Waals surface area contributed by atoms with Crippen LogP contribution in [0, 0.1) is 47.3 Å². The Balaban J connectivity index is 0.000000696. The van der Waals surface area contributed by atoms with Gasteiger partial charge in [-0.1, -0.05) is 111 Å². The highest BCUT2D eigenvalue weighted by atomic mass is 16.8. The summed E-state index contributed by atoms with van der Waals surface area (Å²) in [6.07, 6.45) is -32.4. The van der Waals surface area contributed by atoms with Crippen LogP contribution >= 0.6 is 0 Å². The Morgan fingerprint density at radius 1 is 0.291 bits per heavy atom. The van der Waals surface area contributed by atoms with E-state index in [9.17, 15) is 69.0 Å². The Kier molecular flexibility index (Phi) is 30.0. The molecule has 30 nitrogen and oxygen atoms in total. The van der Waals surface area contributed by atoms with E-state index in [1.165, 1.54) is 27.7 Å². The fourth-order valence-electron chi connectivity index (χ4n) is 7.95. The molecular formula is C56H92O30. The van der Waals surface area contributed by atoms with Crippen LogP contribution in [-0.2, 0) is 105 Å². The highest BCUT2D eigenvalue weighted by Crippen LogP contribution is 2.37. The molecule has 0 aromatic heterocycles. The van der Waals surface area contributed by atoms with Gasteiger partial charge < -0.3 is 107 Å². The zero-order valence-electron chi connectivity index (χ0n) is 51.6. The molecule has 0 aromatic carbocycles. The highest BCUT2D eigenvalue weighted by molar-refractivity contribution is 5.75. The molecule has 10 unspecified atom stereocenters. The largest absolute Gasteiger partial charge is 0.463 e. The summed E-state index contributed by atoms with van der Waals surface area (Å²) >= 11 is 0. The molecule has 496 valence electrons. The third-order valence-corrected chi connectivity index (χ3v) is 13.5. The van der Waals surface area contributed by atoms with Gasteiger partial charge in [0.15, 0.2) is 49.2 Å². The van der Waals surface area contributed by atoms with E-state index in [1.54, 1.807) is 83.1 Å². The zero-order chi connectivity index (χ0) is 65.5. The van der Waals surface area contributed by atoms with E-state index in [0.717, 1.165) is 0 Å². The normalized spacial score (nSPS) is 33.0. The molecule has 4 fully saturated rings. The lowest BCUT2D eigenvalue weighted by Crippen LogP contribution is -2.67. The first-order chi connectivity index (χ1) is 40.0. The van der Waals surface area contributed by atoms with Crippen LogP contribution in [0.5, 0.6) is 0 Å². The Labute approximate surface area is 499 Å². The molecular weight excluding hydrogens is 1150 g/mol. The van der Waals surface area contributed by atoms with Gasteiger partial charge in [0.2, 0.25) is 12.6 Å². The SMILES string of the molecule is CC(C)C(=O)OCC1O[C@@H](O[C@H]2OC(COC(=O)C(C)C)[C@@H](OC(=O)C(C)C)[C@H](OC(=O)C(C)C)C2OC(=O)C(C)C)C(OC(=O)C(C)C)C(OC(=O)C(C)C)[C@H]1OC(=O)C(C)C.OCC1O[C@@H](O[C@H]2OC(CO)[C@@H](O)[C@H](O)C2O)C(O)C(O)[C@H]1O. The van der Waals surface area contributed by atoms with Gasteiger partial charge in [-0.25, -0.2) is 0 Å². The van der Waals surface area contributed by atoms with Crippen molar-refractivity contribution >= 4 is 47.8 Å². The molecule has 0 aromatic rings. The minimum absolute atomic E-state index is 0.597. The fourth-order valence-corrected chi connectivity index (χ4v) is 7.95. The highest BCUT2D eigenvalue weighted by Gasteiger charge is 2.59. The number of aliphatic hydroxyl groups is 8. The van der Waals surface area contributed by atoms with Crippen LogP contribution in [0.2, 0.25) is 0 Å². The lowest BCUT2D eigenvalue weighted by atomic mass is 9.96. The molecule has 4 saturated heterocycles. The van der Waals surface area contributed by atoms with Crippen LogP contribution in [0.4, 0.5) is 0 Å². The van der Waals surface area contributed by atoms with Gasteiger partial charge in [0.1, 0.15) is 74.3 Å². The van der Waals surface area contributed by atoms with Crippen LogP contribution in [0.15, 0.2) is 0 Å². The molecule has 8 N–H and O–H groups in total. The lowest BCUT2D eigenvalue weighted by molar-refractivity contribution is -0.378. The maximum absolute atomic E-state index is 13.5. The summed E-state index contributed by atoms with van der Waals surface area (Å²) in [5, 5.41) is 76.4. The first kappa shape index (κ1) is 75.4. The molecule has 20 atom stereocenters. The minimum atomic E-state index is -1.89. The van der Waals surface area contributed by atoms with E-state index in [4.69, 9.17) is 76.5 Å². The Hall–Kier alpha value is -4.80. The van der Waals surface area contributed by atoms with Crippen LogP contribution in [0.25, 0.3) is 0 Å². The molecule has 30 heteroatoms. The number of aliphatic hydroxyl groups excluding tert-OH is 8. The molecule has 0 amide bonds. The summed E-state index contributed by atoms with van der Waals surface area (Å²) in [6.45, 7) is 22.3. The smallest absolute Gasteiger partial charge is 0.308 e. The third kappa shape index (κ3) is 20.6. The summed E-state index contributed by atoms with van der Waals surface area (Å²) in [5.74, 6) is -11.9. The molecule has 4 rings (SSSR count). The maximum Gasteiger partial charge on any atom is 0.308 e. The second-order valence-corrected chi connectivity index (χ2v) is 23.7. The van der Waals surface area contributed by atoms with Crippen LogP contribution < -0.4 is 0 Å². The van der Waals surface area contributed by atoms with Crippen LogP contribution in [-0.4, -0.2) is 238 Å². The molecule has 0 spiro atoms. The number of esters is 8. The second-order valence-electron chi connectivity index (χ2n) is 23.7. The van der Waals surface area contributed by atoms with Gasteiger partial charge in [-0.15, -0.1) is 0 Å². The van der Waals surface area contributed by atoms with Crippen molar-refractivity contribution in [2.24, 2.45) is 47.3 Å². The van der Waals surface area contributed by atoms with Crippen LogP contribution in [0.3, 0.4) is 0 Å². The van der Waals surface area contributed by atoms with E-state index in [1.807, 2.05) is 0 Å². The van der Waals surface area contributed by atoms with Crippen molar-refractivity contribution in [3.05, 3.63) is 0 Å². The summed E-state index contributed by atoms with van der Waals surface area (Å²) in [6, 6.07) is 0. The molecule has 4 aliphatic rings. The number of carbonyl (C=O) groups is 8. The van der Waals surface area contributed by atoms with Crippen molar-refractivity contribution in [3.8, 4) is 0 Å². The number of rotatable bonds is 24. The predicted octanol–water partition coefficient (Wildman–Crippen LogP) is -1.14. The molecule has 86 heavy (non-hydrogen) atoms. The summed E-state index contributed by atoms with van der Waals surface area (Å²) in [4.78, 5) is 106. The second kappa shape index (κ2) is 34.2. The van der Waals surface area contributed by atoms with Gasteiger partial charge >= 0.3 is 47.8 Å². The summed E-state index contributed by atoms with van der Waals surface area (Å²) in [5.41, 5.74) is 0. The van der Waals surface area contributed by atoms with E-state index >= 15 is 0 Å². The Morgan fingerprint density at radius 2 is 0.512 bits per heavy atom. The molecule has 4 heterocycles. The third-order valence-electron chi connectivity index (χ3n) is 13.5. The van der Waals surface area contributed by atoms with Crippen molar-refractivity contribution in [2.45, 2.75) is 234 Å². The predicted molar refractivity (Wildman–Crippen MR) is 287 cm³/mol. The van der Waals surface area contributed by atoms with Gasteiger partial charge in [-0.3, -0.25) is 38.4 Å². The Morgan fingerprint density at radius 3 is 0.756 bits per heavy atom. The quantitative estimate of drug-likeness (QED) is 0.0418. The van der Waals surface area contributed by atoms with Crippen LogP contribution in [0.1, 0.15) is 111 Å². The van der Waals surface area contributed by atoms with Gasteiger partial charge in [-0.05, 0) is 0 Å². The molecule has 0 bridgehead atoms. The number of hydrogen-bond acceptors (Lipinski definition) is 30. The first-order valence-corrected chi connectivity index (χ1v) is 28.8. The maximum atomic E-state index is 13.5. The Bertz CT molecular complexity index is 2050. The lowest BCUT2D eigenvalue weighted by Gasteiger charge is -2.48. The van der Waals surface area contributed by atoms with Gasteiger partial charge in [0.25, 0.3) is 0 Å².